The Morgan fingerprint density at radius 1 is 1.15 bits per heavy atom. The molecule has 6 rings (SSSR count). The zero-order valence-electron chi connectivity index (χ0n) is 23.0. The number of aryl methyl sites for hydroxylation is 1. The minimum atomic E-state index is -0.510. The molecule has 40 heavy (non-hydrogen) atoms. The van der Waals surface area contributed by atoms with Crippen LogP contribution in [0.5, 0.6) is 11.5 Å². The van der Waals surface area contributed by atoms with E-state index in [0.717, 1.165) is 38.9 Å². The van der Waals surface area contributed by atoms with Crippen molar-refractivity contribution in [2.45, 2.75) is 32.6 Å². The van der Waals surface area contributed by atoms with Gasteiger partial charge in [-0.25, -0.2) is 4.98 Å². The van der Waals surface area contributed by atoms with Crippen LogP contribution >= 0.6 is 0 Å². The number of hydrogen-bond acceptors (Lipinski definition) is 6. The van der Waals surface area contributed by atoms with Crippen LogP contribution < -0.4 is 20.8 Å². The number of methoxy groups -OCH3 is 1. The number of aromatic nitrogens is 3. The van der Waals surface area contributed by atoms with Gasteiger partial charge in [0.2, 0.25) is 5.88 Å². The summed E-state index contributed by atoms with van der Waals surface area (Å²) < 4.78 is 13.3. The normalized spacial score (nSPS) is 14.9. The number of hydrogen-bond donors (Lipinski definition) is 2. The number of H-pyrrole nitrogens is 1. The Hall–Kier alpha value is -5.03. The number of fused-ring (bicyclic) bond motifs is 3. The number of nitrogens with one attached hydrogen (secondary N) is 1. The molecule has 1 atom stereocenters. The van der Waals surface area contributed by atoms with Crippen LogP contribution in [0.1, 0.15) is 48.1 Å². The Kier molecular flexibility index (Phi) is 5.88. The molecule has 3 heterocycles. The fourth-order valence-electron chi connectivity index (χ4n) is 5.75. The minimum Gasteiger partial charge on any atom is -0.497 e. The van der Waals surface area contributed by atoms with Crippen molar-refractivity contribution in [2.24, 2.45) is 12.8 Å². The van der Waals surface area contributed by atoms with Crippen LogP contribution in [0.2, 0.25) is 0 Å². The second-order valence-corrected chi connectivity index (χ2v) is 10.5. The van der Waals surface area contributed by atoms with Crippen molar-refractivity contribution in [3.05, 3.63) is 98.8 Å². The average Bonchev–Trinajstić information content (AvgIpc) is 3.28. The number of allylic oxidation sites excluding steroid dienone is 1. The van der Waals surface area contributed by atoms with Crippen molar-refractivity contribution in [3.63, 3.8) is 0 Å². The van der Waals surface area contributed by atoms with E-state index >= 15 is 0 Å². The van der Waals surface area contributed by atoms with Crippen molar-refractivity contribution in [3.8, 4) is 29.0 Å². The number of para-hydroxylation sites is 1. The highest BCUT2D eigenvalue weighted by molar-refractivity contribution is 5.89. The largest absolute Gasteiger partial charge is 0.497 e. The molecule has 8 nitrogen and oxygen atoms in total. The van der Waals surface area contributed by atoms with Gasteiger partial charge in [0.05, 0.1) is 23.9 Å². The summed E-state index contributed by atoms with van der Waals surface area (Å²) in [5.74, 6) is 1.51. The van der Waals surface area contributed by atoms with E-state index in [1.165, 1.54) is 0 Å². The Balaban J connectivity index is 1.69. The molecule has 8 heteroatoms. The highest BCUT2D eigenvalue weighted by Gasteiger charge is 2.36. The third-order valence-electron chi connectivity index (χ3n) is 7.74. The van der Waals surface area contributed by atoms with Gasteiger partial charge >= 0.3 is 0 Å². The summed E-state index contributed by atoms with van der Waals surface area (Å²) >= 11 is 0. The third-order valence-corrected chi connectivity index (χ3v) is 7.74. The van der Waals surface area contributed by atoms with Crippen molar-refractivity contribution >= 4 is 21.8 Å². The zero-order chi connectivity index (χ0) is 28.3. The molecule has 1 aliphatic rings. The molecule has 0 saturated heterocycles. The first-order valence-corrected chi connectivity index (χ1v) is 13.1. The summed E-state index contributed by atoms with van der Waals surface area (Å²) in [6, 6.07) is 19.5. The van der Waals surface area contributed by atoms with Crippen LogP contribution in [0.25, 0.3) is 33.2 Å². The first kappa shape index (κ1) is 25.3. The summed E-state index contributed by atoms with van der Waals surface area (Å²) in [6.45, 7) is 6.14. The van der Waals surface area contributed by atoms with Gasteiger partial charge in [0.1, 0.15) is 29.0 Å². The zero-order valence-corrected chi connectivity index (χ0v) is 23.0. The number of rotatable bonds is 4. The number of nitrogens with zero attached hydrogens (tertiary/aromatic N) is 3. The van der Waals surface area contributed by atoms with Crippen molar-refractivity contribution < 1.29 is 9.47 Å². The van der Waals surface area contributed by atoms with Crippen LogP contribution in [-0.4, -0.2) is 21.6 Å². The summed E-state index contributed by atoms with van der Waals surface area (Å²) in [5, 5.41) is 11.8. The summed E-state index contributed by atoms with van der Waals surface area (Å²) in [4.78, 5) is 21.6. The van der Waals surface area contributed by atoms with Crippen LogP contribution in [0.3, 0.4) is 0 Å². The SMILES string of the molecule is COc1ccc2[nH]c(C)c(C3C(C#N)=C(N)Oc4c(C(C)C)cc(-c5nc6ccccc6c(=O)n5C)cc43)c2c1. The van der Waals surface area contributed by atoms with E-state index < -0.39 is 5.92 Å². The van der Waals surface area contributed by atoms with Crippen LogP contribution in [0.15, 0.2) is 70.8 Å². The highest BCUT2D eigenvalue weighted by Crippen LogP contribution is 2.49. The maximum absolute atomic E-state index is 13.3. The second-order valence-electron chi connectivity index (χ2n) is 10.5. The molecule has 200 valence electrons. The fraction of sp³-hybridized carbons (Fsp3) is 0.219. The monoisotopic (exact) mass is 531 g/mol. The van der Waals surface area contributed by atoms with E-state index in [4.69, 9.17) is 20.2 Å². The molecule has 0 amide bonds. The van der Waals surface area contributed by atoms with E-state index in [1.807, 2.05) is 55.5 Å². The van der Waals surface area contributed by atoms with Gasteiger partial charge < -0.3 is 20.2 Å². The van der Waals surface area contributed by atoms with Crippen molar-refractivity contribution in [1.82, 2.24) is 14.5 Å². The number of nitrogens with two attached hydrogens (primary N) is 1. The fourth-order valence-corrected chi connectivity index (χ4v) is 5.75. The summed E-state index contributed by atoms with van der Waals surface area (Å²) in [5.41, 5.74) is 12.5. The molecule has 2 aromatic heterocycles. The lowest BCUT2D eigenvalue weighted by Gasteiger charge is -2.30. The Morgan fingerprint density at radius 2 is 1.93 bits per heavy atom. The number of ether oxygens (including phenoxy) is 2. The Morgan fingerprint density at radius 3 is 2.65 bits per heavy atom. The molecule has 0 radical (unpaired) electrons. The van der Waals surface area contributed by atoms with Crippen LogP contribution in [-0.2, 0) is 7.05 Å². The van der Waals surface area contributed by atoms with Gasteiger partial charge in [-0.3, -0.25) is 9.36 Å². The van der Waals surface area contributed by atoms with Crippen molar-refractivity contribution in [1.29, 1.82) is 5.26 Å². The lowest BCUT2D eigenvalue weighted by Crippen LogP contribution is -2.23. The first-order valence-electron chi connectivity index (χ1n) is 13.1. The molecular formula is C32H29N5O3. The van der Waals surface area contributed by atoms with E-state index in [9.17, 15) is 10.1 Å². The third kappa shape index (κ3) is 3.74. The Labute approximate surface area is 231 Å². The van der Waals surface area contributed by atoms with E-state index in [2.05, 4.69) is 24.9 Å². The predicted molar refractivity (Wildman–Crippen MR) is 155 cm³/mol. The van der Waals surface area contributed by atoms with Crippen LogP contribution in [0.4, 0.5) is 0 Å². The summed E-state index contributed by atoms with van der Waals surface area (Å²) in [6.07, 6.45) is 0. The molecule has 3 aromatic carbocycles. The van der Waals surface area contributed by atoms with Gasteiger partial charge in [-0.2, -0.15) is 5.26 Å². The maximum Gasteiger partial charge on any atom is 0.261 e. The molecular weight excluding hydrogens is 502 g/mol. The number of nitriles is 1. The topological polar surface area (TPSA) is 119 Å². The Bertz CT molecular complexity index is 1970. The number of aromatic amines is 1. The van der Waals surface area contributed by atoms with E-state index in [1.54, 1.807) is 24.8 Å². The smallest absolute Gasteiger partial charge is 0.261 e. The predicted octanol–water partition coefficient (Wildman–Crippen LogP) is 5.74. The average molecular weight is 532 g/mol. The van der Waals surface area contributed by atoms with Crippen LogP contribution in [0, 0.1) is 18.3 Å². The summed E-state index contributed by atoms with van der Waals surface area (Å²) in [7, 11) is 3.36. The molecule has 0 spiro atoms. The van der Waals surface area contributed by atoms with Gasteiger partial charge in [-0.1, -0.05) is 26.0 Å². The highest BCUT2D eigenvalue weighted by atomic mass is 16.5. The van der Waals surface area contributed by atoms with E-state index in [-0.39, 0.29) is 17.4 Å². The molecule has 0 saturated carbocycles. The quantitative estimate of drug-likeness (QED) is 0.305. The lowest BCUT2D eigenvalue weighted by molar-refractivity contribution is 0.387. The van der Waals surface area contributed by atoms with E-state index in [0.29, 0.717) is 33.8 Å². The standard InChI is InChI=1S/C32H29N5O3/c1-16(2)21-12-18(31-36-25-9-7-6-8-20(25)32(38)37(31)4)13-23-28(24(15-33)30(34)40-29(21)23)27-17(3)35-26-11-10-19(39-5)14-22(26)27/h6-14,16,28,35H,34H2,1-5H3. The van der Waals surface area contributed by atoms with Crippen molar-refractivity contribution in [2.75, 3.05) is 7.11 Å². The molecule has 5 aromatic rings. The lowest BCUT2D eigenvalue weighted by atomic mass is 9.79. The van der Waals surface area contributed by atoms with Gasteiger partial charge in [-0.15, -0.1) is 0 Å². The van der Waals surface area contributed by atoms with Gasteiger partial charge in [-0.05, 0) is 66.4 Å². The molecule has 0 bridgehead atoms. The minimum absolute atomic E-state index is 0.0624. The van der Waals surface area contributed by atoms with Gasteiger partial charge in [0, 0.05) is 34.8 Å². The second kappa shape index (κ2) is 9.31. The van der Waals surface area contributed by atoms with Gasteiger partial charge in [0.25, 0.3) is 5.56 Å². The molecule has 0 aliphatic carbocycles. The number of benzene rings is 3. The molecule has 0 fully saturated rings. The maximum atomic E-state index is 13.3. The van der Waals surface area contributed by atoms with Gasteiger partial charge in [0.15, 0.2) is 0 Å². The molecule has 1 aliphatic heterocycles. The molecule has 1 unspecified atom stereocenters. The first-order chi connectivity index (χ1) is 19.2. The molecule has 3 N–H and O–H groups in total.